The molecule has 1 rings (SSSR count). The summed E-state index contributed by atoms with van der Waals surface area (Å²) in [5.41, 5.74) is 8.35. The van der Waals surface area contributed by atoms with Gasteiger partial charge in [-0.25, -0.2) is 4.98 Å². The summed E-state index contributed by atoms with van der Waals surface area (Å²) < 4.78 is 0. The van der Waals surface area contributed by atoms with E-state index >= 15 is 0 Å². The minimum Gasteiger partial charge on any atom is -0.506 e. The fourth-order valence-corrected chi connectivity index (χ4v) is 1.74. The molecule has 0 saturated carbocycles. The zero-order chi connectivity index (χ0) is 12.1. The minimum absolute atomic E-state index is 0.0608. The van der Waals surface area contributed by atoms with E-state index in [2.05, 4.69) is 11.9 Å². The quantitative estimate of drug-likeness (QED) is 0.712. The smallest absolute Gasteiger partial charge is 0.144 e. The maximum Gasteiger partial charge on any atom is 0.144 e. The highest BCUT2D eigenvalue weighted by molar-refractivity contribution is 5.58. The van der Waals surface area contributed by atoms with Gasteiger partial charge in [0, 0.05) is 5.56 Å². The maximum absolute atomic E-state index is 9.91. The number of rotatable bonds is 5. The Balaban J connectivity index is 3.20. The highest BCUT2D eigenvalue weighted by Gasteiger charge is 2.15. The van der Waals surface area contributed by atoms with Crippen LogP contribution in [0.5, 0.6) is 5.75 Å². The number of aromatic hydroxyl groups is 1. The molecule has 90 valence electrons. The number of anilines is 1. The van der Waals surface area contributed by atoms with Gasteiger partial charge in [-0.2, -0.15) is 0 Å². The van der Waals surface area contributed by atoms with Crippen LogP contribution in [-0.4, -0.2) is 15.2 Å². The van der Waals surface area contributed by atoms with Crippen molar-refractivity contribution in [1.29, 1.82) is 0 Å². The van der Waals surface area contributed by atoms with Crippen LogP contribution in [0.1, 0.15) is 43.6 Å². The Bertz CT molecular complexity index is 336. The van der Waals surface area contributed by atoms with Crippen molar-refractivity contribution in [2.75, 3.05) is 5.73 Å². The van der Waals surface area contributed by atoms with Crippen molar-refractivity contribution >= 4 is 5.69 Å². The summed E-state index contributed by atoms with van der Waals surface area (Å²) in [6.07, 6.45) is 3.45. The van der Waals surface area contributed by atoms with Crippen molar-refractivity contribution in [3.63, 3.8) is 0 Å². The Labute approximate surface area is 96.1 Å². The third-order valence-corrected chi connectivity index (χ3v) is 2.73. The zero-order valence-corrected chi connectivity index (χ0v) is 9.95. The lowest BCUT2D eigenvalue weighted by Gasteiger charge is -2.14. The average Bonchev–Trinajstić information content (AvgIpc) is 2.29. The fourth-order valence-electron chi connectivity index (χ4n) is 1.74. The van der Waals surface area contributed by atoms with Crippen LogP contribution >= 0.6 is 0 Å². The Morgan fingerprint density at radius 1 is 1.25 bits per heavy atom. The molecule has 0 saturated heterocycles. The van der Waals surface area contributed by atoms with Crippen LogP contribution in [-0.2, 0) is 19.4 Å². The molecule has 1 aromatic heterocycles. The first-order chi connectivity index (χ1) is 7.65. The number of nitrogens with two attached hydrogens (primary N) is 1. The van der Waals surface area contributed by atoms with Crippen molar-refractivity contribution in [2.24, 2.45) is 0 Å². The van der Waals surface area contributed by atoms with E-state index in [0.717, 1.165) is 30.5 Å². The summed E-state index contributed by atoms with van der Waals surface area (Å²) >= 11 is 0. The van der Waals surface area contributed by atoms with E-state index in [0.29, 0.717) is 17.8 Å². The molecule has 0 radical (unpaired) electrons. The molecule has 0 aliphatic carbocycles. The molecule has 0 aliphatic heterocycles. The van der Waals surface area contributed by atoms with E-state index in [1.165, 1.54) is 0 Å². The van der Waals surface area contributed by atoms with Gasteiger partial charge >= 0.3 is 0 Å². The normalized spacial score (nSPS) is 10.7. The molecule has 0 unspecified atom stereocenters. The van der Waals surface area contributed by atoms with Crippen LogP contribution in [0.2, 0.25) is 0 Å². The molecule has 4 N–H and O–H groups in total. The van der Waals surface area contributed by atoms with Gasteiger partial charge in [-0.05, 0) is 19.3 Å². The number of hydrogen-bond acceptors (Lipinski definition) is 4. The molecule has 1 aromatic rings. The number of aromatic nitrogens is 1. The summed E-state index contributed by atoms with van der Waals surface area (Å²) in [5.74, 6) is 0.0608. The highest BCUT2D eigenvalue weighted by Crippen LogP contribution is 2.30. The Hall–Kier alpha value is -1.29. The van der Waals surface area contributed by atoms with Crippen LogP contribution in [0.25, 0.3) is 0 Å². The van der Waals surface area contributed by atoms with Crippen molar-refractivity contribution < 1.29 is 10.2 Å². The maximum atomic E-state index is 9.91. The SMILES string of the molecule is CCCCc1c(N)c(CC)nc(CO)c1O. The highest BCUT2D eigenvalue weighted by atomic mass is 16.3. The molecule has 0 atom stereocenters. The predicted octanol–water partition coefficient (Wildman–Crippen LogP) is 1.77. The number of aliphatic hydroxyl groups excluding tert-OH is 1. The number of pyridine rings is 1. The van der Waals surface area contributed by atoms with Gasteiger partial charge in [0.2, 0.25) is 0 Å². The molecular weight excluding hydrogens is 204 g/mol. The number of nitrogen functional groups attached to an aromatic ring is 1. The second kappa shape index (κ2) is 5.70. The molecule has 4 nitrogen and oxygen atoms in total. The van der Waals surface area contributed by atoms with E-state index < -0.39 is 0 Å². The number of aryl methyl sites for hydroxylation is 1. The number of unbranched alkanes of at least 4 members (excludes halogenated alkanes) is 1. The van der Waals surface area contributed by atoms with Crippen LogP contribution < -0.4 is 5.73 Å². The van der Waals surface area contributed by atoms with E-state index in [4.69, 9.17) is 10.8 Å². The van der Waals surface area contributed by atoms with Crippen LogP contribution in [0.15, 0.2) is 0 Å². The van der Waals surface area contributed by atoms with Gasteiger partial charge in [0.15, 0.2) is 0 Å². The Kier molecular flexibility index (Phi) is 4.55. The van der Waals surface area contributed by atoms with E-state index in [9.17, 15) is 5.11 Å². The first-order valence-electron chi connectivity index (χ1n) is 5.75. The molecule has 4 heteroatoms. The number of nitrogens with zero attached hydrogens (tertiary/aromatic N) is 1. The summed E-state index contributed by atoms with van der Waals surface area (Å²) in [4.78, 5) is 4.15. The monoisotopic (exact) mass is 224 g/mol. The lowest BCUT2D eigenvalue weighted by atomic mass is 10.0. The molecule has 0 bridgehead atoms. The topological polar surface area (TPSA) is 79.4 Å². The molecule has 0 amide bonds. The lowest BCUT2D eigenvalue weighted by Crippen LogP contribution is -2.06. The molecule has 0 aliphatic rings. The molecule has 0 spiro atoms. The third kappa shape index (κ3) is 2.44. The Morgan fingerprint density at radius 3 is 2.44 bits per heavy atom. The third-order valence-electron chi connectivity index (χ3n) is 2.73. The standard InChI is InChI=1S/C12H20N2O2/c1-3-5-6-8-11(13)9(4-2)14-10(7-15)12(8)16/h15-16H,3-7,13H2,1-2H3. The van der Waals surface area contributed by atoms with E-state index in [1.54, 1.807) is 0 Å². The second-order valence-corrected chi connectivity index (χ2v) is 3.86. The van der Waals surface area contributed by atoms with Gasteiger partial charge in [0.25, 0.3) is 0 Å². The predicted molar refractivity (Wildman–Crippen MR) is 64.2 cm³/mol. The minimum atomic E-state index is -0.252. The molecule has 0 aromatic carbocycles. The summed E-state index contributed by atoms with van der Waals surface area (Å²) in [5, 5.41) is 19.0. The first-order valence-corrected chi connectivity index (χ1v) is 5.75. The molecule has 1 heterocycles. The summed E-state index contributed by atoms with van der Waals surface area (Å²) in [6, 6.07) is 0. The number of hydrogen-bond donors (Lipinski definition) is 3. The summed E-state index contributed by atoms with van der Waals surface area (Å²) in [7, 11) is 0. The number of aliphatic hydroxyl groups is 1. The van der Waals surface area contributed by atoms with E-state index in [1.807, 2.05) is 6.92 Å². The van der Waals surface area contributed by atoms with Crippen LogP contribution in [0, 0.1) is 0 Å². The Morgan fingerprint density at radius 2 is 1.94 bits per heavy atom. The van der Waals surface area contributed by atoms with Gasteiger partial charge in [0.05, 0.1) is 18.0 Å². The van der Waals surface area contributed by atoms with Gasteiger partial charge in [-0.15, -0.1) is 0 Å². The second-order valence-electron chi connectivity index (χ2n) is 3.86. The van der Waals surface area contributed by atoms with Gasteiger partial charge in [-0.3, -0.25) is 0 Å². The van der Waals surface area contributed by atoms with Crippen molar-refractivity contribution in [3.8, 4) is 5.75 Å². The largest absolute Gasteiger partial charge is 0.506 e. The van der Waals surface area contributed by atoms with Crippen molar-refractivity contribution in [3.05, 3.63) is 17.0 Å². The van der Waals surface area contributed by atoms with Crippen molar-refractivity contribution in [2.45, 2.75) is 46.1 Å². The molecule has 0 fully saturated rings. The fraction of sp³-hybridized carbons (Fsp3) is 0.583. The van der Waals surface area contributed by atoms with Gasteiger partial charge in [-0.1, -0.05) is 20.3 Å². The van der Waals surface area contributed by atoms with E-state index in [-0.39, 0.29) is 12.4 Å². The first kappa shape index (κ1) is 12.8. The van der Waals surface area contributed by atoms with Gasteiger partial charge < -0.3 is 15.9 Å². The zero-order valence-electron chi connectivity index (χ0n) is 9.95. The van der Waals surface area contributed by atoms with Crippen LogP contribution in [0.3, 0.4) is 0 Å². The lowest BCUT2D eigenvalue weighted by molar-refractivity contribution is 0.269. The molecular formula is C12H20N2O2. The van der Waals surface area contributed by atoms with Crippen LogP contribution in [0.4, 0.5) is 5.69 Å². The van der Waals surface area contributed by atoms with Gasteiger partial charge in [0.1, 0.15) is 11.4 Å². The summed E-state index contributed by atoms with van der Waals surface area (Å²) in [6.45, 7) is 3.79. The van der Waals surface area contributed by atoms with Crippen molar-refractivity contribution in [1.82, 2.24) is 4.98 Å². The average molecular weight is 224 g/mol. The molecule has 16 heavy (non-hydrogen) atoms.